The summed E-state index contributed by atoms with van der Waals surface area (Å²) in [7, 11) is -3.20. The van der Waals surface area contributed by atoms with Gasteiger partial charge in [0.05, 0.1) is 28.4 Å². The molecule has 8 nitrogen and oxygen atoms in total. The SMILES string of the molecule is C[C@]1(NC(=O)C2CCc3c(-c4cccc(OC(F)F)c4)nn(C(=O)c4ccccc4)c3C2)CCS(=O)(=O)C1. The van der Waals surface area contributed by atoms with E-state index in [1.54, 1.807) is 49.4 Å². The lowest BCUT2D eigenvalue weighted by Crippen LogP contribution is -2.50. The molecule has 2 atom stereocenters. The van der Waals surface area contributed by atoms with Crippen LogP contribution >= 0.6 is 0 Å². The number of nitrogens with one attached hydrogen (secondary N) is 1. The standard InChI is InChI=1S/C27H27F2N3O5S/c1-27(12-13-38(35,36)16-27)30-24(33)19-10-11-21-22(15-19)32(25(34)17-6-3-2-4-7-17)31-23(21)18-8-5-9-20(14-18)37-26(28)29/h2-9,14,19,26H,10-13,15-16H2,1H3,(H,30,33)/t19?,27-/m0/s1. The number of nitrogens with zero attached hydrogens (tertiary/aromatic N) is 2. The summed E-state index contributed by atoms with van der Waals surface area (Å²) in [4.78, 5) is 26.7. The lowest BCUT2D eigenvalue weighted by Gasteiger charge is -2.29. The van der Waals surface area contributed by atoms with Gasteiger partial charge in [0.15, 0.2) is 9.84 Å². The predicted octanol–water partition coefficient (Wildman–Crippen LogP) is 3.64. The van der Waals surface area contributed by atoms with Crippen molar-refractivity contribution >= 4 is 21.7 Å². The van der Waals surface area contributed by atoms with E-state index in [1.807, 2.05) is 0 Å². The minimum atomic E-state index is -3.20. The minimum Gasteiger partial charge on any atom is -0.435 e. The van der Waals surface area contributed by atoms with Gasteiger partial charge in [0.2, 0.25) is 5.91 Å². The van der Waals surface area contributed by atoms with E-state index in [0.717, 1.165) is 5.56 Å². The van der Waals surface area contributed by atoms with Crippen molar-refractivity contribution in [3.05, 3.63) is 71.4 Å². The zero-order valence-electron chi connectivity index (χ0n) is 20.7. The first-order valence-corrected chi connectivity index (χ1v) is 14.1. The zero-order chi connectivity index (χ0) is 27.1. The first-order valence-electron chi connectivity index (χ1n) is 12.3. The second kappa shape index (κ2) is 9.94. The number of sulfone groups is 1. The van der Waals surface area contributed by atoms with E-state index >= 15 is 0 Å². The smallest absolute Gasteiger partial charge is 0.387 e. The molecule has 0 spiro atoms. The van der Waals surface area contributed by atoms with Gasteiger partial charge >= 0.3 is 6.61 Å². The molecule has 2 aliphatic rings. The fourth-order valence-corrected chi connectivity index (χ4v) is 7.36. The van der Waals surface area contributed by atoms with Gasteiger partial charge in [-0.25, -0.2) is 8.42 Å². The van der Waals surface area contributed by atoms with Crippen LogP contribution in [0.25, 0.3) is 11.3 Å². The Morgan fingerprint density at radius 1 is 1.16 bits per heavy atom. The Labute approximate surface area is 218 Å². The van der Waals surface area contributed by atoms with Crippen molar-refractivity contribution in [3.63, 3.8) is 0 Å². The summed E-state index contributed by atoms with van der Waals surface area (Å²) >= 11 is 0. The quantitative estimate of drug-likeness (QED) is 0.509. The molecule has 38 heavy (non-hydrogen) atoms. The molecule has 0 radical (unpaired) electrons. The maximum Gasteiger partial charge on any atom is 0.387 e. The summed E-state index contributed by atoms with van der Waals surface area (Å²) in [6.07, 6.45) is 1.47. The van der Waals surface area contributed by atoms with Gasteiger partial charge < -0.3 is 10.1 Å². The molecule has 2 heterocycles. The molecule has 1 unspecified atom stereocenters. The first-order chi connectivity index (χ1) is 18.0. The number of hydrogen-bond acceptors (Lipinski definition) is 6. The van der Waals surface area contributed by atoms with Crippen molar-refractivity contribution in [1.29, 1.82) is 0 Å². The van der Waals surface area contributed by atoms with Crippen molar-refractivity contribution in [3.8, 4) is 17.0 Å². The summed E-state index contributed by atoms with van der Waals surface area (Å²) < 4.78 is 55.4. The number of hydrogen-bond donors (Lipinski definition) is 1. The lowest BCUT2D eigenvalue weighted by atomic mass is 9.84. The Hall–Kier alpha value is -3.60. The number of carbonyl (C=O) groups excluding carboxylic acids is 2. The Morgan fingerprint density at radius 3 is 2.61 bits per heavy atom. The summed E-state index contributed by atoms with van der Waals surface area (Å²) in [5, 5.41) is 7.54. The van der Waals surface area contributed by atoms with Gasteiger partial charge in [-0.2, -0.15) is 18.6 Å². The molecule has 1 N–H and O–H groups in total. The van der Waals surface area contributed by atoms with E-state index in [-0.39, 0.29) is 35.5 Å². The summed E-state index contributed by atoms with van der Waals surface area (Å²) in [6, 6.07) is 14.8. The Bertz CT molecular complexity index is 1490. The number of rotatable bonds is 6. The van der Waals surface area contributed by atoms with Crippen LogP contribution in [0.1, 0.15) is 41.4 Å². The third-order valence-electron chi connectivity index (χ3n) is 7.12. The number of benzene rings is 2. The largest absolute Gasteiger partial charge is 0.435 e. The van der Waals surface area contributed by atoms with Crippen molar-refractivity contribution in [2.75, 3.05) is 11.5 Å². The Kier molecular flexibility index (Phi) is 6.81. The van der Waals surface area contributed by atoms with Crippen molar-refractivity contribution in [2.45, 2.75) is 44.8 Å². The number of carbonyl (C=O) groups is 2. The van der Waals surface area contributed by atoms with Gasteiger partial charge in [-0.05, 0) is 50.5 Å². The van der Waals surface area contributed by atoms with Crippen molar-refractivity contribution < 1.29 is 31.5 Å². The highest BCUT2D eigenvalue weighted by Gasteiger charge is 2.41. The monoisotopic (exact) mass is 543 g/mol. The summed E-state index contributed by atoms with van der Waals surface area (Å²) in [5.41, 5.74) is 1.91. The molecule has 0 saturated carbocycles. The maximum atomic E-state index is 13.5. The molecule has 3 aromatic rings. The molecule has 11 heteroatoms. The van der Waals surface area contributed by atoms with Gasteiger partial charge in [0, 0.05) is 29.0 Å². The number of alkyl halides is 2. The highest BCUT2D eigenvalue weighted by Crippen LogP contribution is 2.36. The molecule has 1 aliphatic heterocycles. The zero-order valence-corrected chi connectivity index (χ0v) is 21.5. The molecular formula is C27H27F2N3O5S. The van der Waals surface area contributed by atoms with Gasteiger partial charge in [0.25, 0.3) is 5.91 Å². The van der Waals surface area contributed by atoms with Gasteiger partial charge in [-0.3, -0.25) is 9.59 Å². The molecule has 1 amide bonds. The van der Waals surface area contributed by atoms with Crippen LogP contribution in [0.3, 0.4) is 0 Å². The fourth-order valence-electron chi connectivity index (χ4n) is 5.27. The second-order valence-electron chi connectivity index (χ2n) is 10.1. The number of halogens is 2. The molecule has 1 aromatic heterocycles. The third-order valence-corrected chi connectivity index (χ3v) is 9.02. The highest BCUT2D eigenvalue weighted by molar-refractivity contribution is 7.91. The molecule has 1 fully saturated rings. The van der Waals surface area contributed by atoms with E-state index < -0.39 is 27.9 Å². The third kappa shape index (κ3) is 5.33. The van der Waals surface area contributed by atoms with Crippen LogP contribution in [0.5, 0.6) is 5.75 Å². The number of fused-ring (bicyclic) bond motifs is 1. The molecule has 1 saturated heterocycles. The molecular weight excluding hydrogens is 516 g/mol. The van der Waals surface area contributed by atoms with E-state index in [4.69, 9.17) is 0 Å². The Morgan fingerprint density at radius 2 is 1.92 bits per heavy atom. The van der Waals surface area contributed by atoms with E-state index in [2.05, 4.69) is 15.2 Å². The molecule has 1 aliphatic carbocycles. The van der Waals surface area contributed by atoms with Crippen LogP contribution in [0.4, 0.5) is 8.78 Å². The van der Waals surface area contributed by atoms with Gasteiger partial charge in [-0.1, -0.05) is 30.3 Å². The molecule has 0 bridgehead atoms. The van der Waals surface area contributed by atoms with E-state index in [0.29, 0.717) is 41.8 Å². The van der Waals surface area contributed by atoms with Gasteiger partial charge in [-0.15, -0.1) is 0 Å². The first kappa shape index (κ1) is 26.0. The van der Waals surface area contributed by atoms with Crippen LogP contribution < -0.4 is 10.1 Å². The summed E-state index contributed by atoms with van der Waals surface area (Å²) in [5.74, 6) is -1.21. The summed E-state index contributed by atoms with van der Waals surface area (Å²) in [6.45, 7) is -1.24. The number of aromatic nitrogens is 2. The highest BCUT2D eigenvalue weighted by atomic mass is 32.2. The average molecular weight is 544 g/mol. The lowest BCUT2D eigenvalue weighted by molar-refractivity contribution is -0.126. The minimum absolute atomic E-state index is 0.0250. The van der Waals surface area contributed by atoms with Crippen molar-refractivity contribution in [1.82, 2.24) is 15.1 Å². The van der Waals surface area contributed by atoms with Crippen LogP contribution in [0.2, 0.25) is 0 Å². The van der Waals surface area contributed by atoms with Crippen LogP contribution in [-0.2, 0) is 27.5 Å². The Balaban J connectivity index is 1.49. The average Bonchev–Trinajstić information content (AvgIpc) is 3.39. The normalized spacial score (nSPS) is 22.2. The topological polar surface area (TPSA) is 107 Å². The molecule has 5 rings (SSSR count). The molecule has 200 valence electrons. The van der Waals surface area contributed by atoms with E-state index in [9.17, 15) is 26.8 Å². The van der Waals surface area contributed by atoms with E-state index in [1.165, 1.54) is 16.8 Å². The predicted molar refractivity (Wildman–Crippen MR) is 136 cm³/mol. The fraction of sp³-hybridized carbons (Fsp3) is 0.370. The number of ether oxygens (including phenoxy) is 1. The van der Waals surface area contributed by atoms with Crippen LogP contribution in [0.15, 0.2) is 54.6 Å². The second-order valence-corrected chi connectivity index (χ2v) is 12.3. The molecule has 2 aromatic carbocycles. The number of amides is 1. The maximum absolute atomic E-state index is 13.5. The van der Waals surface area contributed by atoms with Crippen LogP contribution in [-0.4, -0.2) is 53.7 Å². The van der Waals surface area contributed by atoms with Gasteiger partial charge in [0.1, 0.15) is 5.75 Å². The van der Waals surface area contributed by atoms with Crippen molar-refractivity contribution in [2.24, 2.45) is 5.92 Å². The van der Waals surface area contributed by atoms with Crippen LogP contribution in [0, 0.1) is 5.92 Å².